The fourth-order valence-corrected chi connectivity index (χ4v) is 3.78. The van der Waals surface area contributed by atoms with Gasteiger partial charge in [-0.2, -0.15) is 5.10 Å². The molecule has 2 aromatic carbocycles. The second kappa shape index (κ2) is 13.4. The van der Waals surface area contributed by atoms with E-state index in [1.54, 1.807) is 23.7 Å². The summed E-state index contributed by atoms with van der Waals surface area (Å²) < 4.78 is 20.7. The average Bonchev–Trinajstić information content (AvgIpc) is 3.23. The van der Waals surface area contributed by atoms with Gasteiger partial charge in [0.1, 0.15) is 11.9 Å². The van der Waals surface area contributed by atoms with E-state index < -0.39 is 0 Å². The maximum Gasteiger partial charge on any atom is 0.151 e. The summed E-state index contributed by atoms with van der Waals surface area (Å²) in [6.45, 7) is 17.2. The van der Waals surface area contributed by atoms with E-state index in [9.17, 15) is 9.18 Å². The molecule has 1 aromatic heterocycles. The number of ketones is 1. The van der Waals surface area contributed by atoms with Gasteiger partial charge in [-0.1, -0.05) is 69.8 Å². The molecule has 0 fully saturated rings. The van der Waals surface area contributed by atoms with E-state index in [4.69, 9.17) is 4.74 Å². The predicted octanol–water partition coefficient (Wildman–Crippen LogP) is 7.78. The number of halogens is 1. The van der Waals surface area contributed by atoms with Gasteiger partial charge < -0.3 is 4.74 Å². The molecule has 4 nitrogen and oxygen atoms in total. The van der Waals surface area contributed by atoms with Crippen molar-refractivity contribution < 1.29 is 13.9 Å². The van der Waals surface area contributed by atoms with Crippen LogP contribution < -0.4 is 0 Å². The number of carbonyl (C=O) groups is 1. The van der Waals surface area contributed by atoms with Gasteiger partial charge in [-0.05, 0) is 68.5 Å². The number of nitrogens with zero attached hydrogens (tertiary/aromatic N) is 2. The van der Waals surface area contributed by atoms with Crippen molar-refractivity contribution in [1.82, 2.24) is 9.78 Å². The number of aryl methyl sites for hydroxylation is 1. The van der Waals surface area contributed by atoms with Crippen LogP contribution in [-0.2, 0) is 16.1 Å². The highest BCUT2D eigenvalue weighted by Crippen LogP contribution is 2.27. The summed E-state index contributed by atoms with van der Waals surface area (Å²) in [4.78, 5) is 11.5. The minimum absolute atomic E-state index is 0.0344. The van der Waals surface area contributed by atoms with Gasteiger partial charge in [0, 0.05) is 5.56 Å². The molecule has 1 heterocycles. The fourth-order valence-electron chi connectivity index (χ4n) is 3.78. The summed E-state index contributed by atoms with van der Waals surface area (Å²) in [6, 6.07) is 16.6. The van der Waals surface area contributed by atoms with Crippen LogP contribution in [0.5, 0.6) is 0 Å². The zero-order valence-corrected chi connectivity index (χ0v) is 21.6. The first kappa shape index (κ1) is 27.8. The first-order chi connectivity index (χ1) is 16.7. The van der Waals surface area contributed by atoms with Crippen molar-refractivity contribution in [1.29, 1.82) is 0 Å². The van der Waals surface area contributed by atoms with Crippen LogP contribution in [0.25, 0.3) is 22.5 Å². The second-order valence-electron chi connectivity index (χ2n) is 8.89. The number of Topliss-reactive ketones (excluding diaryl/α,β-unsaturated/α-hetero) is 1. The van der Waals surface area contributed by atoms with E-state index in [0.29, 0.717) is 11.5 Å². The molecular formula is C30H37FN2O2. The average molecular weight is 477 g/mol. The van der Waals surface area contributed by atoms with Gasteiger partial charge >= 0.3 is 0 Å². The first-order valence-electron chi connectivity index (χ1n) is 12.0. The van der Waals surface area contributed by atoms with Crippen LogP contribution in [0.1, 0.15) is 46.1 Å². The van der Waals surface area contributed by atoms with E-state index >= 15 is 0 Å². The highest BCUT2D eigenvalue weighted by Gasteiger charge is 2.14. The van der Waals surface area contributed by atoms with Crippen molar-refractivity contribution in [3.05, 3.63) is 91.0 Å². The molecule has 2 atom stereocenters. The highest BCUT2D eigenvalue weighted by molar-refractivity contribution is 5.77. The summed E-state index contributed by atoms with van der Waals surface area (Å²) in [5.74, 6) is 1.10. The summed E-state index contributed by atoms with van der Waals surface area (Å²) in [5.41, 5.74) is 4.01. The van der Waals surface area contributed by atoms with Crippen molar-refractivity contribution >= 4 is 5.78 Å². The zero-order chi connectivity index (χ0) is 26.0. The molecule has 3 aromatic rings. The largest absolute Gasteiger partial charge is 0.491 e. The molecule has 0 saturated carbocycles. The Kier molecular flexibility index (Phi) is 10.7. The lowest BCUT2D eigenvalue weighted by molar-refractivity contribution is -0.117. The molecule has 2 unspecified atom stereocenters. The standard InChI is InChI=1S/C19H17FN2O.C11H20O/c1-13-10-16(8-9-17(13)20)18-11-19(15-6-4-3-5-7-15)22(21-18)12-14(2)23;1-6-8-10(5)11(7-2)12-9(3)4/h3-11H,12H2,1-2H3;7,10-11H,2-3,6,8H2,1,4-5H3. The lowest BCUT2D eigenvalue weighted by Gasteiger charge is -2.21. The van der Waals surface area contributed by atoms with Gasteiger partial charge in [-0.3, -0.25) is 9.48 Å². The number of ether oxygens (including phenoxy) is 1. The van der Waals surface area contributed by atoms with Crippen molar-refractivity contribution in [3.63, 3.8) is 0 Å². The number of benzene rings is 2. The van der Waals surface area contributed by atoms with E-state index in [-0.39, 0.29) is 24.2 Å². The Hall–Kier alpha value is -3.47. The second-order valence-corrected chi connectivity index (χ2v) is 8.89. The third-order valence-corrected chi connectivity index (χ3v) is 5.55. The molecule has 0 aliphatic rings. The van der Waals surface area contributed by atoms with Crippen molar-refractivity contribution in [2.75, 3.05) is 0 Å². The molecule has 0 N–H and O–H groups in total. The quantitative estimate of drug-likeness (QED) is 0.222. The van der Waals surface area contributed by atoms with Gasteiger partial charge in [0.15, 0.2) is 5.78 Å². The first-order valence-corrected chi connectivity index (χ1v) is 12.0. The van der Waals surface area contributed by atoms with Gasteiger partial charge in [-0.25, -0.2) is 4.39 Å². The number of allylic oxidation sites excluding steroid dienone is 1. The topological polar surface area (TPSA) is 44.1 Å². The SMILES string of the molecule is C=CC(OC(=C)C)C(C)CCC.CC(=O)Cn1nc(-c2ccc(F)c(C)c2)cc1-c1ccccc1. The summed E-state index contributed by atoms with van der Waals surface area (Å²) in [5, 5.41) is 4.54. The molecule has 0 aliphatic carbocycles. The molecule has 0 saturated heterocycles. The molecule has 3 rings (SSSR count). The van der Waals surface area contributed by atoms with Gasteiger partial charge in [-0.15, -0.1) is 0 Å². The van der Waals surface area contributed by atoms with Crippen molar-refractivity contribution in [2.45, 2.75) is 60.1 Å². The Morgan fingerprint density at radius 1 is 1.14 bits per heavy atom. The number of aromatic nitrogens is 2. The fraction of sp³-hybridized carbons (Fsp3) is 0.333. The van der Waals surface area contributed by atoms with E-state index in [2.05, 4.69) is 32.1 Å². The third kappa shape index (κ3) is 8.36. The molecule has 5 heteroatoms. The van der Waals surface area contributed by atoms with E-state index in [1.807, 2.05) is 49.4 Å². The van der Waals surface area contributed by atoms with Crippen LogP contribution in [0.3, 0.4) is 0 Å². The minimum Gasteiger partial charge on any atom is -0.491 e. The van der Waals surface area contributed by atoms with Crippen LogP contribution in [0.15, 0.2) is 79.6 Å². The van der Waals surface area contributed by atoms with Gasteiger partial charge in [0.25, 0.3) is 0 Å². The van der Waals surface area contributed by atoms with Crippen LogP contribution in [-0.4, -0.2) is 21.7 Å². The smallest absolute Gasteiger partial charge is 0.151 e. The number of hydrogen-bond acceptors (Lipinski definition) is 3. The van der Waals surface area contributed by atoms with Gasteiger partial charge in [0.05, 0.1) is 23.7 Å². The molecule has 0 aliphatic heterocycles. The highest BCUT2D eigenvalue weighted by atomic mass is 19.1. The number of hydrogen-bond donors (Lipinski definition) is 0. The number of carbonyl (C=O) groups excluding carboxylic acids is 1. The van der Waals surface area contributed by atoms with Crippen LogP contribution >= 0.6 is 0 Å². The molecule has 35 heavy (non-hydrogen) atoms. The Labute approximate surface area is 209 Å². The maximum absolute atomic E-state index is 13.5. The van der Waals surface area contributed by atoms with Crippen LogP contribution in [0.2, 0.25) is 0 Å². The Balaban J connectivity index is 0.000000307. The van der Waals surface area contributed by atoms with Crippen LogP contribution in [0.4, 0.5) is 4.39 Å². The Bertz CT molecular complexity index is 1130. The Morgan fingerprint density at radius 3 is 2.37 bits per heavy atom. The summed E-state index contributed by atoms with van der Waals surface area (Å²) in [6.07, 6.45) is 4.34. The van der Waals surface area contributed by atoms with Crippen LogP contribution in [0, 0.1) is 18.7 Å². The van der Waals surface area contributed by atoms with Gasteiger partial charge in [0.2, 0.25) is 0 Å². The lowest BCUT2D eigenvalue weighted by Crippen LogP contribution is -2.18. The molecule has 186 valence electrons. The van der Waals surface area contributed by atoms with E-state index in [0.717, 1.165) is 28.3 Å². The molecule has 0 bridgehead atoms. The Morgan fingerprint density at radius 2 is 1.83 bits per heavy atom. The zero-order valence-electron chi connectivity index (χ0n) is 21.6. The minimum atomic E-state index is -0.236. The maximum atomic E-state index is 13.5. The molecular weight excluding hydrogens is 439 g/mol. The third-order valence-electron chi connectivity index (χ3n) is 5.55. The van der Waals surface area contributed by atoms with E-state index in [1.165, 1.54) is 25.8 Å². The molecule has 0 radical (unpaired) electrons. The summed E-state index contributed by atoms with van der Waals surface area (Å²) in [7, 11) is 0. The lowest BCUT2D eigenvalue weighted by atomic mass is 9.99. The van der Waals surface area contributed by atoms with Crippen molar-refractivity contribution in [2.24, 2.45) is 5.92 Å². The monoisotopic (exact) mass is 476 g/mol. The molecule has 0 amide bonds. The predicted molar refractivity (Wildman–Crippen MR) is 142 cm³/mol. The van der Waals surface area contributed by atoms with Crippen molar-refractivity contribution in [3.8, 4) is 22.5 Å². The summed E-state index contributed by atoms with van der Waals surface area (Å²) >= 11 is 0. The normalized spacial score (nSPS) is 12.2. The molecule has 0 spiro atoms. The number of rotatable bonds is 10.